The molecular weight excluding hydrogens is 271 g/mol. The zero-order chi connectivity index (χ0) is 15.4. The van der Waals surface area contributed by atoms with E-state index in [0.29, 0.717) is 18.8 Å². The number of aryl methyl sites for hydroxylation is 1. The van der Waals surface area contributed by atoms with Crippen molar-refractivity contribution in [2.24, 2.45) is 0 Å². The molecule has 0 bridgehead atoms. The quantitative estimate of drug-likeness (QED) is 0.888. The summed E-state index contributed by atoms with van der Waals surface area (Å²) in [5.74, 6) is 0.477. The lowest BCUT2D eigenvalue weighted by Gasteiger charge is -2.06. The maximum absolute atomic E-state index is 13.0. The Morgan fingerprint density at radius 2 is 2.19 bits per heavy atom. The van der Waals surface area contributed by atoms with Crippen molar-refractivity contribution < 1.29 is 9.18 Å². The van der Waals surface area contributed by atoms with Gasteiger partial charge in [-0.05, 0) is 36.6 Å². The summed E-state index contributed by atoms with van der Waals surface area (Å²) in [5.41, 5.74) is 1.89. The van der Waals surface area contributed by atoms with E-state index < -0.39 is 0 Å². The van der Waals surface area contributed by atoms with E-state index in [1.807, 2.05) is 20.8 Å². The molecule has 2 rings (SSSR count). The van der Waals surface area contributed by atoms with Crippen LogP contribution in [0.15, 0.2) is 18.2 Å². The van der Waals surface area contributed by atoms with E-state index in [0.717, 1.165) is 11.1 Å². The van der Waals surface area contributed by atoms with Crippen LogP contribution >= 0.6 is 0 Å². The highest BCUT2D eigenvalue weighted by Crippen LogP contribution is 2.10. The lowest BCUT2D eigenvalue weighted by molar-refractivity contribution is 0.0944. The Kier molecular flexibility index (Phi) is 4.67. The first-order valence-electron chi connectivity index (χ1n) is 6.93. The molecule has 1 amide bonds. The Balaban J connectivity index is 1.89. The molecule has 5 nitrogen and oxygen atoms in total. The van der Waals surface area contributed by atoms with Gasteiger partial charge >= 0.3 is 0 Å². The Bertz CT molecular complexity index is 636. The second kappa shape index (κ2) is 6.47. The predicted molar refractivity (Wildman–Crippen MR) is 77.6 cm³/mol. The standard InChI is InChI=1S/C15H19FN4O/c1-9(2)13-18-14(20-19-13)15(21)17-7-6-11-4-5-12(16)8-10(11)3/h4-5,8-9H,6-7H2,1-3H3,(H,17,21)(H,18,19,20). The fraction of sp³-hybridized carbons (Fsp3) is 0.400. The molecule has 6 heteroatoms. The Morgan fingerprint density at radius 3 is 2.81 bits per heavy atom. The van der Waals surface area contributed by atoms with Crippen molar-refractivity contribution in [3.63, 3.8) is 0 Å². The van der Waals surface area contributed by atoms with Gasteiger partial charge in [0, 0.05) is 12.5 Å². The molecule has 0 spiro atoms. The number of H-pyrrole nitrogens is 1. The normalized spacial score (nSPS) is 10.9. The predicted octanol–water partition coefficient (Wildman–Crippen LogP) is 2.35. The SMILES string of the molecule is Cc1cc(F)ccc1CCNC(=O)c1n[nH]c(C(C)C)n1. The van der Waals surface area contributed by atoms with Crippen molar-refractivity contribution >= 4 is 5.91 Å². The summed E-state index contributed by atoms with van der Waals surface area (Å²) in [5, 5.41) is 9.40. The summed E-state index contributed by atoms with van der Waals surface area (Å²) >= 11 is 0. The summed E-state index contributed by atoms with van der Waals surface area (Å²) in [6.45, 7) is 6.25. The smallest absolute Gasteiger partial charge is 0.290 e. The topological polar surface area (TPSA) is 70.7 Å². The van der Waals surface area contributed by atoms with Crippen LogP contribution in [0.2, 0.25) is 0 Å². The van der Waals surface area contributed by atoms with Gasteiger partial charge in [0.1, 0.15) is 11.6 Å². The molecule has 0 atom stereocenters. The zero-order valence-corrected chi connectivity index (χ0v) is 12.4. The van der Waals surface area contributed by atoms with Gasteiger partial charge in [0.2, 0.25) is 5.82 Å². The molecule has 0 aliphatic heterocycles. The maximum atomic E-state index is 13.0. The number of hydrogen-bond donors (Lipinski definition) is 2. The van der Waals surface area contributed by atoms with Crippen LogP contribution in [0, 0.1) is 12.7 Å². The summed E-state index contributed by atoms with van der Waals surface area (Å²) in [6, 6.07) is 4.65. The molecule has 1 aromatic heterocycles. The number of aromatic amines is 1. The average molecular weight is 290 g/mol. The molecule has 0 saturated carbocycles. The number of halogens is 1. The van der Waals surface area contributed by atoms with Gasteiger partial charge in [-0.1, -0.05) is 19.9 Å². The highest BCUT2D eigenvalue weighted by molar-refractivity contribution is 5.90. The second-order valence-electron chi connectivity index (χ2n) is 5.28. The summed E-state index contributed by atoms with van der Waals surface area (Å²) in [6.07, 6.45) is 0.638. The van der Waals surface area contributed by atoms with Crippen molar-refractivity contribution in [2.75, 3.05) is 6.54 Å². The van der Waals surface area contributed by atoms with Crippen molar-refractivity contribution in [3.05, 3.63) is 46.8 Å². The van der Waals surface area contributed by atoms with Crippen molar-refractivity contribution in [2.45, 2.75) is 33.1 Å². The van der Waals surface area contributed by atoms with Gasteiger partial charge in [0.15, 0.2) is 0 Å². The highest BCUT2D eigenvalue weighted by atomic mass is 19.1. The number of rotatable bonds is 5. The Hall–Kier alpha value is -2.24. The van der Waals surface area contributed by atoms with Gasteiger partial charge in [-0.25, -0.2) is 9.37 Å². The number of amides is 1. The van der Waals surface area contributed by atoms with Crippen LogP contribution in [-0.4, -0.2) is 27.6 Å². The van der Waals surface area contributed by atoms with E-state index in [2.05, 4.69) is 20.5 Å². The molecule has 2 N–H and O–H groups in total. The van der Waals surface area contributed by atoms with Crippen molar-refractivity contribution in [1.29, 1.82) is 0 Å². The maximum Gasteiger partial charge on any atom is 0.290 e. The van der Waals surface area contributed by atoms with Gasteiger partial charge in [-0.2, -0.15) is 0 Å². The number of aromatic nitrogens is 3. The minimum absolute atomic E-state index is 0.148. The van der Waals surface area contributed by atoms with E-state index in [-0.39, 0.29) is 23.5 Å². The van der Waals surface area contributed by atoms with Crippen LogP contribution < -0.4 is 5.32 Å². The third kappa shape index (κ3) is 3.87. The summed E-state index contributed by atoms with van der Waals surface area (Å²) in [4.78, 5) is 16.0. The van der Waals surface area contributed by atoms with Gasteiger partial charge in [-0.3, -0.25) is 9.89 Å². The van der Waals surface area contributed by atoms with Crippen molar-refractivity contribution in [3.8, 4) is 0 Å². The molecule has 0 unspecified atom stereocenters. The van der Waals surface area contributed by atoms with Crippen LogP contribution in [0.25, 0.3) is 0 Å². The van der Waals surface area contributed by atoms with Gasteiger partial charge in [0.05, 0.1) is 0 Å². The largest absolute Gasteiger partial charge is 0.349 e. The lowest BCUT2D eigenvalue weighted by atomic mass is 10.1. The van der Waals surface area contributed by atoms with Crippen LogP contribution in [0.4, 0.5) is 4.39 Å². The molecule has 112 valence electrons. The van der Waals surface area contributed by atoms with E-state index >= 15 is 0 Å². The minimum atomic E-state index is -0.307. The minimum Gasteiger partial charge on any atom is -0.349 e. The van der Waals surface area contributed by atoms with Gasteiger partial charge in [0.25, 0.3) is 5.91 Å². The fourth-order valence-electron chi connectivity index (χ4n) is 1.96. The highest BCUT2D eigenvalue weighted by Gasteiger charge is 2.13. The number of benzene rings is 1. The number of nitrogens with one attached hydrogen (secondary N) is 2. The van der Waals surface area contributed by atoms with Gasteiger partial charge < -0.3 is 5.32 Å². The third-order valence-electron chi connectivity index (χ3n) is 3.24. The van der Waals surface area contributed by atoms with Crippen LogP contribution in [0.3, 0.4) is 0 Å². The molecule has 0 aliphatic carbocycles. The first-order valence-corrected chi connectivity index (χ1v) is 6.93. The molecule has 1 aromatic carbocycles. The van der Waals surface area contributed by atoms with E-state index in [9.17, 15) is 9.18 Å². The Morgan fingerprint density at radius 1 is 1.43 bits per heavy atom. The molecular formula is C15H19FN4O. The van der Waals surface area contributed by atoms with Crippen LogP contribution in [0.1, 0.15) is 47.3 Å². The second-order valence-corrected chi connectivity index (χ2v) is 5.28. The molecule has 0 aliphatic rings. The molecule has 0 radical (unpaired) electrons. The van der Waals surface area contributed by atoms with Crippen LogP contribution in [-0.2, 0) is 6.42 Å². The number of nitrogens with zero attached hydrogens (tertiary/aromatic N) is 2. The molecule has 2 aromatic rings. The van der Waals surface area contributed by atoms with Crippen molar-refractivity contribution in [1.82, 2.24) is 20.5 Å². The zero-order valence-electron chi connectivity index (χ0n) is 12.4. The number of carbonyl (C=O) groups excluding carboxylic acids is 1. The monoisotopic (exact) mass is 290 g/mol. The van der Waals surface area contributed by atoms with Crippen LogP contribution in [0.5, 0.6) is 0 Å². The number of carbonyl (C=O) groups is 1. The summed E-state index contributed by atoms with van der Waals surface area (Å²) < 4.78 is 13.0. The fourth-order valence-corrected chi connectivity index (χ4v) is 1.96. The molecule has 0 fully saturated rings. The first-order chi connectivity index (χ1) is 9.97. The van der Waals surface area contributed by atoms with E-state index in [1.54, 1.807) is 6.07 Å². The Labute approximate surface area is 123 Å². The summed E-state index contributed by atoms with van der Waals surface area (Å²) in [7, 11) is 0. The average Bonchev–Trinajstić information content (AvgIpc) is 2.91. The molecule has 0 saturated heterocycles. The molecule has 21 heavy (non-hydrogen) atoms. The molecule has 1 heterocycles. The number of hydrogen-bond acceptors (Lipinski definition) is 3. The van der Waals surface area contributed by atoms with E-state index in [4.69, 9.17) is 0 Å². The van der Waals surface area contributed by atoms with E-state index in [1.165, 1.54) is 12.1 Å². The van der Waals surface area contributed by atoms with Gasteiger partial charge in [-0.15, -0.1) is 5.10 Å². The first kappa shape index (κ1) is 15.2. The lowest BCUT2D eigenvalue weighted by Crippen LogP contribution is -2.27. The third-order valence-corrected chi connectivity index (χ3v) is 3.24.